The fourth-order valence-electron chi connectivity index (χ4n) is 4.09. The standard InChI is InChI=1S/C23H21N7O5S2/c1-2-35-28-16(13-7-25-23(24)26-8-13)19(31)27-17-20(32)30-18(22(33)34)14(11-37-21(17)30)10-29-5-3-15-12(9-29)4-6-36-15/h3-9,17,21H,2,10-11H2,1H3,(H3-,24,25,26,27,28,31,33,34)/t17?,21-/m1/s1. The lowest BCUT2D eigenvalue weighted by atomic mass is 10.0. The number of nitrogens with one attached hydrogen (secondary N) is 1. The van der Waals surface area contributed by atoms with Crippen LogP contribution in [0.1, 0.15) is 12.5 Å². The summed E-state index contributed by atoms with van der Waals surface area (Å²) < 4.78 is 3.00. The van der Waals surface area contributed by atoms with E-state index >= 15 is 0 Å². The zero-order valence-corrected chi connectivity index (χ0v) is 21.1. The van der Waals surface area contributed by atoms with Crippen molar-refractivity contribution in [2.75, 3.05) is 18.1 Å². The summed E-state index contributed by atoms with van der Waals surface area (Å²) in [6.07, 6.45) is 6.44. The number of thioether (sulfide) groups is 1. The van der Waals surface area contributed by atoms with Crippen LogP contribution in [0.5, 0.6) is 0 Å². The first kappa shape index (κ1) is 24.6. The van der Waals surface area contributed by atoms with Crippen molar-refractivity contribution in [3.05, 3.63) is 59.1 Å². The van der Waals surface area contributed by atoms with Gasteiger partial charge in [0, 0.05) is 40.0 Å². The second-order valence-corrected chi connectivity index (χ2v) is 10.2. The van der Waals surface area contributed by atoms with Crippen LogP contribution in [0.2, 0.25) is 0 Å². The molecular weight excluding hydrogens is 518 g/mol. The van der Waals surface area contributed by atoms with Gasteiger partial charge in [-0.05, 0) is 18.4 Å². The van der Waals surface area contributed by atoms with E-state index in [0.29, 0.717) is 11.3 Å². The van der Waals surface area contributed by atoms with Gasteiger partial charge < -0.3 is 25.8 Å². The van der Waals surface area contributed by atoms with Gasteiger partial charge in [0.25, 0.3) is 11.8 Å². The van der Waals surface area contributed by atoms with Crippen LogP contribution in [0.3, 0.4) is 0 Å². The second kappa shape index (κ2) is 10.1. The number of carbonyl (C=O) groups is 3. The number of hydrogen-bond acceptors (Lipinski definition) is 11. The normalized spacial score (nSPS) is 19.4. The number of anilines is 1. The Hall–Kier alpha value is -4.04. The summed E-state index contributed by atoms with van der Waals surface area (Å²) in [5.74, 6) is -2.30. The molecule has 190 valence electrons. The Morgan fingerprint density at radius 3 is 2.86 bits per heavy atom. The maximum atomic E-state index is 13.1. The van der Waals surface area contributed by atoms with Crippen LogP contribution in [0.15, 0.2) is 58.7 Å². The molecule has 2 aliphatic heterocycles. The van der Waals surface area contributed by atoms with E-state index < -0.39 is 29.2 Å². The first-order valence-corrected chi connectivity index (χ1v) is 13.1. The van der Waals surface area contributed by atoms with E-state index in [1.807, 2.05) is 34.5 Å². The smallest absolute Gasteiger partial charge is 0.274 e. The number of aliphatic carboxylic acids is 1. The molecule has 14 heteroatoms. The van der Waals surface area contributed by atoms with Gasteiger partial charge in [-0.1, -0.05) is 5.16 Å². The van der Waals surface area contributed by atoms with Gasteiger partial charge in [0.05, 0.1) is 17.1 Å². The zero-order chi connectivity index (χ0) is 26.1. The van der Waals surface area contributed by atoms with Crippen molar-refractivity contribution >= 4 is 62.6 Å². The molecule has 2 atom stereocenters. The summed E-state index contributed by atoms with van der Waals surface area (Å²) in [5, 5.41) is 21.0. The molecule has 1 unspecified atom stereocenters. The lowest BCUT2D eigenvalue weighted by Crippen LogP contribution is -2.71. The molecule has 5 rings (SSSR count). The second-order valence-electron chi connectivity index (χ2n) is 8.15. The Bertz CT molecular complexity index is 1450. The number of carboxylic acid groups (broad SMARTS) is 1. The lowest BCUT2D eigenvalue weighted by molar-refractivity contribution is -0.687. The van der Waals surface area contributed by atoms with Crippen molar-refractivity contribution in [1.29, 1.82) is 0 Å². The number of carbonyl (C=O) groups excluding carboxylic acids is 3. The van der Waals surface area contributed by atoms with E-state index in [0.717, 1.165) is 10.1 Å². The topological polar surface area (TPSA) is 167 Å². The molecule has 0 bridgehead atoms. The number of pyridine rings is 1. The minimum Gasteiger partial charge on any atom is -0.543 e. The van der Waals surface area contributed by atoms with Gasteiger partial charge >= 0.3 is 0 Å². The molecule has 3 aromatic heterocycles. The fourth-order valence-corrected chi connectivity index (χ4v) is 6.19. The number of hydrogen-bond donors (Lipinski definition) is 2. The molecule has 1 fully saturated rings. The van der Waals surface area contributed by atoms with Crippen molar-refractivity contribution in [2.24, 2.45) is 5.16 Å². The molecule has 2 amide bonds. The first-order valence-electron chi connectivity index (χ1n) is 11.2. The highest BCUT2D eigenvalue weighted by Gasteiger charge is 2.53. The highest BCUT2D eigenvalue weighted by molar-refractivity contribution is 8.00. The molecular formula is C23H21N7O5S2. The summed E-state index contributed by atoms with van der Waals surface area (Å²) in [6, 6.07) is 3.00. The van der Waals surface area contributed by atoms with Crippen LogP contribution in [0, 0.1) is 0 Å². The Morgan fingerprint density at radius 2 is 2.14 bits per heavy atom. The molecule has 1 saturated heterocycles. The van der Waals surface area contributed by atoms with Gasteiger partial charge in [0.15, 0.2) is 24.7 Å². The van der Waals surface area contributed by atoms with E-state index in [-0.39, 0.29) is 36.1 Å². The van der Waals surface area contributed by atoms with Crippen molar-refractivity contribution in [3.63, 3.8) is 0 Å². The predicted octanol–water partition coefficient (Wildman–Crippen LogP) is -0.594. The summed E-state index contributed by atoms with van der Waals surface area (Å²) >= 11 is 2.98. The quantitative estimate of drug-likeness (QED) is 0.164. The summed E-state index contributed by atoms with van der Waals surface area (Å²) in [5.41, 5.74) is 6.02. The van der Waals surface area contributed by atoms with E-state index in [9.17, 15) is 19.5 Å². The van der Waals surface area contributed by atoms with Gasteiger partial charge in [-0.25, -0.2) is 14.5 Å². The van der Waals surface area contributed by atoms with Crippen LogP contribution in [0.25, 0.3) is 10.1 Å². The molecule has 3 aromatic rings. The Morgan fingerprint density at radius 1 is 1.35 bits per heavy atom. The number of nitrogens with zero attached hydrogens (tertiary/aromatic N) is 5. The third kappa shape index (κ3) is 4.72. The fraction of sp³-hybridized carbons (Fsp3) is 0.261. The molecule has 0 aliphatic carbocycles. The van der Waals surface area contributed by atoms with Gasteiger partial charge in [-0.2, -0.15) is 0 Å². The molecule has 3 N–H and O–H groups in total. The molecule has 0 saturated carbocycles. The maximum Gasteiger partial charge on any atom is 0.274 e. The maximum absolute atomic E-state index is 13.1. The minimum absolute atomic E-state index is 0.0224. The van der Waals surface area contributed by atoms with Crippen LogP contribution < -0.4 is 20.7 Å². The van der Waals surface area contributed by atoms with Gasteiger partial charge in [-0.15, -0.1) is 23.1 Å². The van der Waals surface area contributed by atoms with Crippen LogP contribution in [0.4, 0.5) is 5.95 Å². The van der Waals surface area contributed by atoms with Gasteiger partial charge in [0.1, 0.15) is 18.0 Å². The first-order chi connectivity index (χ1) is 17.9. The highest BCUT2D eigenvalue weighted by atomic mass is 32.2. The van der Waals surface area contributed by atoms with Crippen molar-refractivity contribution in [2.45, 2.75) is 24.9 Å². The average molecular weight is 540 g/mol. The minimum atomic E-state index is -1.44. The molecule has 12 nitrogen and oxygen atoms in total. The van der Waals surface area contributed by atoms with E-state index in [1.165, 1.54) is 29.1 Å². The van der Waals surface area contributed by atoms with Crippen molar-refractivity contribution in [1.82, 2.24) is 20.2 Å². The van der Waals surface area contributed by atoms with Crippen LogP contribution >= 0.6 is 23.1 Å². The molecule has 5 heterocycles. The average Bonchev–Trinajstić information content (AvgIpc) is 3.36. The van der Waals surface area contributed by atoms with Crippen LogP contribution in [-0.2, 0) is 25.8 Å². The largest absolute Gasteiger partial charge is 0.543 e. The molecule has 0 aromatic carbocycles. The number of nitrogens with two attached hydrogens (primary N) is 1. The number of nitrogen functional groups attached to an aromatic ring is 1. The number of oxime groups is 1. The van der Waals surface area contributed by atoms with E-state index in [4.69, 9.17) is 10.6 Å². The molecule has 37 heavy (non-hydrogen) atoms. The Balaban J connectivity index is 1.35. The number of rotatable bonds is 8. The summed E-state index contributed by atoms with van der Waals surface area (Å²) in [4.78, 5) is 52.1. The number of fused-ring (bicyclic) bond motifs is 2. The number of β-lactam (4-membered cyclic amide) rings is 1. The zero-order valence-electron chi connectivity index (χ0n) is 19.5. The van der Waals surface area contributed by atoms with E-state index in [2.05, 4.69) is 20.4 Å². The monoisotopic (exact) mass is 539 g/mol. The lowest BCUT2D eigenvalue weighted by Gasteiger charge is -2.50. The third-order valence-corrected chi connectivity index (χ3v) is 8.03. The number of thiophene rings is 1. The molecule has 0 radical (unpaired) electrons. The molecule has 2 aliphatic rings. The highest BCUT2D eigenvalue weighted by Crippen LogP contribution is 2.40. The molecule has 0 spiro atoms. The summed E-state index contributed by atoms with van der Waals surface area (Å²) in [7, 11) is 0. The van der Waals surface area contributed by atoms with E-state index in [1.54, 1.807) is 18.3 Å². The Kier molecular flexibility index (Phi) is 6.76. The summed E-state index contributed by atoms with van der Waals surface area (Å²) in [6.45, 7) is 2.20. The predicted molar refractivity (Wildman–Crippen MR) is 134 cm³/mol. The number of amides is 2. The number of carboxylic acids is 1. The van der Waals surface area contributed by atoms with Gasteiger partial charge in [0.2, 0.25) is 5.95 Å². The van der Waals surface area contributed by atoms with Crippen LogP contribution in [-0.4, -0.2) is 62.1 Å². The third-order valence-electron chi connectivity index (χ3n) is 5.80. The SMILES string of the molecule is CCO/N=C(/C(=O)NC1C(=O)N2C(C(=O)[O-])=C(C[n+]3ccc4sccc4c3)CS[C@H]12)c1cnc(N)nc1. The van der Waals surface area contributed by atoms with Crippen molar-refractivity contribution < 1.29 is 28.9 Å². The Labute approximate surface area is 218 Å². The van der Waals surface area contributed by atoms with Gasteiger partial charge in [-0.3, -0.25) is 14.5 Å². The van der Waals surface area contributed by atoms with Crippen molar-refractivity contribution in [3.8, 4) is 0 Å². The number of aromatic nitrogens is 3.